The van der Waals surface area contributed by atoms with Crippen molar-refractivity contribution in [2.24, 2.45) is 5.92 Å². The number of ether oxygens (including phenoxy) is 1. The van der Waals surface area contributed by atoms with Crippen LogP contribution in [0.3, 0.4) is 0 Å². The summed E-state index contributed by atoms with van der Waals surface area (Å²) in [5.41, 5.74) is 1.19. The lowest BCUT2D eigenvalue weighted by molar-refractivity contribution is 0.0860. The molecule has 4 heteroatoms. The lowest BCUT2D eigenvalue weighted by Gasteiger charge is -2.35. The van der Waals surface area contributed by atoms with Crippen molar-refractivity contribution in [2.45, 2.75) is 64.5 Å². The van der Waals surface area contributed by atoms with Crippen LogP contribution in [0.2, 0.25) is 0 Å². The first-order valence-electron chi connectivity index (χ1n) is 7.52. The summed E-state index contributed by atoms with van der Waals surface area (Å²) < 4.78 is 5.56. The highest BCUT2D eigenvalue weighted by atomic mass is 32.1. The molecule has 0 aromatic carbocycles. The molecule has 1 aromatic rings. The smallest absolute Gasteiger partial charge is 0.116 e. The second-order valence-electron chi connectivity index (χ2n) is 7.27. The Balaban J connectivity index is 2.37. The minimum Gasteiger partial charge on any atom is -0.382 e. The lowest BCUT2D eigenvalue weighted by Crippen LogP contribution is -2.51. The highest BCUT2D eigenvalue weighted by Crippen LogP contribution is 2.47. The van der Waals surface area contributed by atoms with Gasteiger partial charge in [0.2, 0.25) is 0 Å². The average Bonchev–Trinajstić information content (AvgIpc) is 3.03. The highest BCUT2D eigenvalue weighted by molar-refractivity contribution is 7.09. The zero-order valence-corrected chi connectivity index (χ0v) is 14.4. The molecule has 0 spiro atoms. The summed E-state index contributed by atoms with van der Waals surface area (Å²) in [4.78, 5) is 4.96. The van der Waals surface area contributed by atoms with Crippen molar-refractivity contribution in [3.63, 3.8) is 0 Å². The first kappa shape index (κ1) is 15.9. The number of thiazole rings is 1. The van der Waals surface area contributed by atoms with Gasteiger partial charge in [-0.3, -0.25) is 0 Å². The molecule has 0 amide bonds. The number of methoxy groups -OCH3 is 1. The second-order valence-corrected chi connectivity index (χ2v) is 8.12. The van der Waals surface area contributed by atoms with E-state index in [0.29, 0.717) is 18.6 Å². The van der Waals surface area contributed by atoms with Crippen LogP contribution in [0.1, 0.15) is 58.2 Å². The largest absolute Gasteiger partial charge is 0.382 e. The van der Waals surface area contributed by atoms with Crippen LogP contribution < -0.4 is 5.32 Å². The maximum atomic E-state index is 5.56. The fourth-order valence-electron chi connectivity index (χ4n) is 2.72. The molecule has 1 N–H and O–H groups in total. The predicted octanol–water partition coefficient (Wildman–Crippen LogP) is 3.69. The number of aromatic nitrogens is 1. The Morgan fingerprint density at radius 3 is 2.45 bits per heavy atom. The summed E-state index contributed by atoms with van der Waals surface area (Å²) >= 11 is 1.78. The summed E-state index contributed by atoms with van der Waals surface area (Å²) in [6.07, 6.45) is 2.54. The van der Waals surface area contributed by atoms with Crippen LogP contribution in [0.15, 0.2) is 5.38 Å². The van der Waals surface area contributed by atoms with Gasteiger partial charge in [-0.05, 0) is 32.6 Å². The Bertz CT molecular complexity index is 446. The van der Waals surface area contributed by atoms with Crippen molar-refractivity contribution in [2.75, 3.05) is 13.7 Å². The molecule has 1 atom stereocenters. The van der Waals surface area contributed by atoms with Gasteiger partial charge in [-0.15, -0.1) is 11.3 Å². The van der Waals surface area contributed by atoms with Crippen LogP contribution in [-0.4, -0.2) is 24.7 Å². The average molecular weight is 296 g/mol. The van der Waals surface area contributed by atoms with Gasteiger partial charge in [0.15, 0.2) is 0 Å². The first-order chi connectivity index (χ1) is 9.29. The monoisotopic (exact) mass is 296 g/mol. The molecular weight excluding hydrogens is 268 g/mol. The van der Waals surface area contributed by atoms with Gasteiger partial charge < -0.3 is 10.1 Å². The molecule has 1 fully saturated rings. The van der Waals surface area contributed by atoms with Crippen molar-refractivity contribution >= 4 is 11.3 Å². The molecule has 1 unspecified atom stereocenters. The molecule has 0 bridgehead atoms. The van der Waals surface area contributed by atoms with E-state index >= 15 is 0 Å². The van der Waals surface area contributed by atoms with Crippen LogP contribution in [0.25, 0.3) is 0 Å². The molecule has 114 valence electrons. The number of rotatable bonds is 6. The molecule has 1 aliphatic rings. The van der Waals surface area contributed by atoms with Crippen LogP contribution in [-0.2, 0) is 15.7 Å². The van der Waals surface area contributed by atoms with Crippen LogP contribution in [0.5, 0.6) is 0 Å². The molecule has 1 heterocycles. The van der Waals surface area contributed by atoms with E-state index in [9.17, 15) is 0 Å². The third-order valence-corrected chi connectivity index (χ3v) is 4.87. The Morgan fingerprint density at radius 1 is 1.40 bits per heavy atom. The Kier molecular flexibility index (Phi) is 4.57. The molecule has 1 saturated carbocycles. The molecule has 0 saturated heterocycles. The van der Waals surface area contributed by atoms with Crippen LogP contribution >= 0.6 is 11.3 Å². The van der Waals surface area contributed by atoms with E-state index in [1.165, 1.54) is 23.5 Å². The van der Waals surface area contributed by atoms with Crippen molar-refractivity contribution in [1.82, 2.24) is 10.3 Å². The lowest BCUT2D eigenvalue weighted by atomic mass is 9.91. The molecule has 0 aliphatic heterocycles. The number of hydrogen-bond acceptors (Lipinski definition) is 4. The van der Waals surface area contributed by atoms with Gasteiger partial charge in [0.05, 0.1) is 17.8 Å². The van der Waals surface area contributed by atoms with Crippen molar-refractivity contribution < 1.29 is 4.74 Å². The van der Waals surface area contributed by atoms with Crippen molar-refractivity contribution in [3.8, 4) is 0 Å². The number of hydrogen-bond donors (Lipinski definition) is 1. The van der Waals surface area contributed by atoms with E-state index in [0.717, 1.165) is 0 Å². The third kappa shape index (κ3) is 3.23. The van der Waals surface area contributed by atoms with E-state index in [2.05, 4.69) is 45.3 Å². The van der Waals surface area contributed by atoms with Gasteiger partial charge in [0.1, 0.15) is 5.01 Å². The summed E-state index contributed by atoms with van der Waals surface area (Å²) in [6.45, 7) is 11.8. The zero-order chi connectivity index (χ0) is 15.0. The van der Waals surface area contributed by atoms with Crippen LogP contribution in [0.4, 0.5) is 0 Å². The van der Waals surface area contributed by atoms with Gasteiger partial charge in [-0.25, -0.2) is 4.98 Å². The quantitative estimate of drug-likeness (QED) is 0.869. The SMILES string of the molecule is COCC(NC(C)C)(c1nc(C(C)(C)C)cs1)C1CC1. The summed E-state index contributed by atoms with van der Waals surface area (Å²) in [5, 5.41) is 7.17. The normalized spacial score (nSPS) is 19.4. The molecule has 1 aromatic heterocycles. The van der Waals surface area contributed by atoms with Crippen LogP contribution in [0, 0.1) is 5.92 Å². The minimum atomic E-state index is -0.100. The molecular formula is C16H28N2OS. The second kappa shape index (κ2) is 5.74. The maximum Gasteiger partial charge on any atom is 0.116 e. The number of nitrogens with zero attached hydrogens (tertiary/aromatic N) is 1. The first-order valence-corrected chi connectivity index (χ1v) is 8.40. The standard InChI is InChI=1S/C16H28N2OS/c1-11(2)18-16(10-19-6,12-7-8-12)14-17-13(9-20-14)15(3,4)5/h9,11-12,18H,7-8,10H2,1-6H3. The fourth-order valence-corrected chi connectivity index (χ4v) is 3.99. The summed E-state index contributed by atoms with van der Waals surface area (Å²) in [5.74, 6) is 0.656. The zero-order valence-electron chi connectivity index (χ0n) is 13.6. The Labute approximate surface area is 127 Å². The Hall–Kier alpha value is -0.450. The molecule has 20 heavy (non-hydrogen) atoms. The predicted molar refractivity (Wildman–Crippen MR) is 85.4 cm³/mol. The maximum absolute atomic E-state index is 5.56. The van der Waals surface area contributed by atoms with E-state index in [-0.39, 0.29) is 11.0 Å². The van der Waals surface area contributed by atoms with Gasteiger partial charge in [0.25, 0.3) is 0 Å². The van der Waals surface area contributed by atoms with E-state index < -0.39 is 0 Å². The van der Waals surface area contributed by atoms with Gasteiger partial charge >= 0.3 is 0 Å². The molecule has 2 rings (SSSR count). The summed E-state index contributed by atoms with van der Waals surface area (Å²) in [7, 11) is 1.79. The van der Waals surface area contributed by atoms with E-state index in [1.54, 1.807) is 18.4 Å². The highest BCUT2D eigenvalue weighted by Gasteiger charge is 2.49. The molecule has 3 nitrogen and oxygen atoms in total. The fraction of sp³-hybridized carbons (Fsp3) is 0.812. The summed E-state index contributed by atoms with van der Waals surface area (Å²) in [6, 6.07) is 0.424. The van der Waals surface area contributed by atoms with Gasteiger partial charge in [0, 0.05) is 23.9 Å². The van der Waals surface area contributed by atoms with E-state index in [4.69, 9.17) is 9.72 Å². The number of nitrogens with one attached hydrogen (secondary N) is 1. The molecule has 1 aliphatic carbocycles. The minimum absolute atomic E-state index is 0.100. The Morgan fingerprint density at radius 2 is 2.05 bits per heavy atom. The van der Waals surface area contributed by atoms with Crippen molar-refractivity contribution in [1.29, 1.82) is 0 Å². The van der Waals surface area contributed by atoms with E-state index in [1.807, 2.05) is 0 Å². The van der Waals surface area contributed by atoms with Gasteiger partial charge in [-0.2, -0.15) is 0 Å². The third-order valence-electron chi connectivity index (χ3n) is 3.85. The van der Waals surface area contributed by atoms with Gasteiger partial charge in [-0.1, -0.05) is 20.8 Å². The topological polar surface area (TPSA) is 34.1 Å². The van der Waals surface area contributed by atoms with Crippen molar-refractivity contribution in [3.05, 3.63) is 16.1 Å². The molecule has 0 radical (unpaired) electrons.